The number of nitro groups is 1. The summed E-state index contributed by atoms with van der Waals surface area (Å²) in [6, 6.07) is 11.6. The third kappa shape index (κ3) is 5.20. The van der Waals surface area contributed by atoms with E-state index in [9.17, 15) is 14.9 Å². The smallest absolute Gasteiger partial charge is 0.273 e. The van der Waals surface area contributed by atoms with Crippen LogP contribution in [0, 0.1) is 10.1 Å². The Balaban J connectivity index is 2.06. The Morgan fingerprint density at radius 3 is 2.30 bits per heavy atom. The lowest BCUT2D eigenvalue weighted by Crippen LogP contribution is -2.30. The lowest BCUT2D eigenvalue weighted by atomic mass is 9.87. The molecule has 0 radical (unpaired) electrons. The number of hydrogen-bond donors (Lipinski definition) is 1. The van der Waals surface area contributed by atoms with Crippen molar-refractivity contribution in [1.82, 2.24) is 0 Å². The molecule has 0 aliphatic heterocycles. The molecule has 0 saturated carbocycles. The predicted octanol–water partition coefficient (Wildman–Crippen LogP) is 4.31. The van der Waals surface area contributed by atoms with E-state index in [2.05, 4.69) is 26.1 Å². The zero-order valence-electron chi connectivity index (χ0n) is 16.1. The van der Waals surface area contributed by atoms with Crippen molar-refractivity contribution in [3.63, 3.8) is 0 Å². The van der Waals surface area contributed by atoms with Crippen LogP contribution in [0.2, 0.25) is 0 Å². The van der Waals surface area contributed by atoms with Crippen LogP contribution in [-0.2, 0) is 10.2 Å². The molecule has 144 valence electrons. The molecule has 0 aromatic heterocycles. The molecule has 7 heteroatoms. The van der Waals surface area contributed by atoms with Gasteiger partial charge in [-0.05, 0) is 36.1 Å². The SMILES string of the molecule is COc1cc([N+](=O)[O-])ccc1NC(=O)C(C)Oc1ccc(C(C)(C)C)cc1. The summed E-state index contributed by atoms with van der Waals surface area (Å²) in [7, 11) is 1.38. The minimum Gasteiger partial charge on any atom is -0.494 e. The molecule has 7 nitrogen and oxygen atoms in total. The van der Waals surface area contributed by atoms with Crippen LogP contribution in [0.3, 0.4) is 0 Å². The highest BCUT2D eigenvalue weighted by Crippen LogP contribution is 2.29. The molecule has 1 unspecified atom stereocenters. The van der Waals surface area contributed by atoms with E-state index in [4.69, 9.17) is 9.47 Å². The maximum Gasteiger partial charge on any atom is 0.273 e. The van der Waals surface area contributed by atoms with Gasteiger partial charge in [0.15, 0.2) is 6.10 Å². The number of nitrogens with one attached hydrogen (secondary N) is 1. The third-order valence-electron chi connectivity index (χ3n) is 4.06. The number of carbonyl (C=O) groups excluding carboxylic acids is 1. The predicted molar refractivity (Wildman–Crippen MR) is 104 cm³/mol. The number of amides is 1. The topological polar surface area (TPSA) is 90.7 Å². The highest BCUT2D eigenvalue weighted by Gasteiger charge is 2.19. The summed E-state index contributed by atoms with van der Waals surface area (Å²) in [6.45, 7) is 7.99. The second-order valence-corrected chi connectivity index (χ2v) is 7.17. The van der Waals surface area contributed by atoms with E-state index in [1.807, 2.05) is 24.3 Å². The largest absolute Gasteiger partial charge is 0.494 e. The summed E-state index contributed by atoms with van der Waals surface area (Å²) < 4.78 is 10.8. The quantitative estimate of drug-likeness (QED) is 0.603. The number of benzene rings is 2. The lowest BCUT2D eigenvalue weighted by molar-refractivity contribution is -0.384. The number of hydrogen-bond acceptors (Lipinski definition) is 5. The van der Waals surface area contributed by atoms with Crippen LogP contribution < -0.4 is 14.8 Å². The Hall–Kier alpha value is -3.09. The van der Waals surface area contributed by atoms with Gasteiger partial charge < -0.3 is 14.8 Å². The van der Waals surface area contributed by atoms with Crippen LogP contribution in [0.1, 0.15) is 33.3 Å². The fraction of sp³-hybridized carbons (Fsp3) is 0.350. The first kappa shape index (κ1) is 20.2. The summed E-state index contributed by atoms with van der Waals surface area (Å²) >= 11 is 0. The van der Waals surface area contributed by atoms with Gasteiger partial charge in [-0.15, -0.1) is 0 Å². The van der Waals surface area contributed by atoms with Gasteiger partial charge in [0.2, 0.25) is 0 Å². The van der Waals surface area contributed by atoms with Crippen molar-refractivity contribution in [2.45, 2.75) is 39.2 Å². The number of non-ortho nitro benzene ring substituents is 1. The Kier molecular flexibility index (Phi) is 6.05. The number of nitrogens with zero attached hydrogens (tertiary/aromatic N) is 1. The van der Waals surface area contributed by atoms with Gasteiger partial charge in [0.1, 0.15) is 11.5 Å². The summed E-state index contributed by atoms with van der Waals surface area (Å²) in [6.07, 6.45) is -0.759. The first-order chi connectivity index (χ1) is 12.6. The zero-order valence-corrected chi connectivity index (χ0v) is 16.1. The minimum absolute atomic E-state index is 0.0357. The highest BCUT2D eigenvalue weighted by atomic mass is 16.6. The molecule has 0 aliphatic carbocycles. The normalized spacial score (nSPS) is 12.2. The molecule has 2 aromatic rings. The van der Waals surface area contributed by atoms with Crippen LogP contribution in [0.15, 0.2) is 42.5 Å². The third-order valence-corrected chi connectivity index (χ3v) is 4.06. The number of carbonyl (C=O) groups is 1. The maximum atomic E-state index is 12.4. The standard InChI is InChI=1S/C20H24N2O5/c1-13(27-16-9-6-14(7-10-16)20(2,3)4)19(23)21-17-11-8-15(22(24)25)12-18(17)26-5/h6-13H,1-5H3,(H,21,23). The van der Waals surface area contributed by atoms with Crippen molar-refractivity contribution in [2.75, 3.05) is 12.4 Å². The van der Waals surface area contributed by atoms with E-state index in [1.54, 1.807) is 6.92 Å². The summed E-state index contributed by atoms with van der Waals surface area (Å²) in [5.74, 6) is 0.405. The Labute approximate surface area is 158 Å². The molecule has 0 fully saturated rings. The lowest BCUT2D eigenvalue weighted by Gasteiger charge is -2.20. The van der Waals surface area contributed by atoms with Crippen molar-refractivity contribution < 1.29 is 19.2 Å². The average Bonchev–Trinajstić information content (AvgIpc) is 2.61. The zero-order chi connectivity index (χ0) is 20.2. The molecular formula is C20H24N2O5. The van der Waals surface area contributed by atoms with Crippen molar-refractivity contribution in [3.05, 3.63) is 58.1 Å². The molecular weight excluding hydrogens is 348 g/mol. The van der Waals surface area contributed by atoms with Gasteiger partial charge in [-0.1, -0.05) is 32.9 Å². The first-order valence-corrected chi connectivity index (χ1v) is 8.52. The molecule has 1 N–H and O–H groups in total. The summed E-state index contributed by atoms with van der Waals surface area (Å²) in [5.41, 5.74) is 1.43. The van der Waals surface area contributed by atoms with Gasteiger partial charge in [0.05, 0.1) is 23.8 Å². The van der Waals surface area contributed by atoms with Gasteiger partial charge >= 0.3 is 0 Å². The molecule has 1 amide bonds. The van der Waals surface area contributed by atoms with E-state index >= 15 is 0 Å². The first-order valence-electron chi connectivity index (χ1n) is 8.52. The van der Waals surface area contributed by atoms with Crippen LogP contribution in [0.4, 0.5) is 11.4 Å². The Morgan fingerprint density at radius 1 is 1.15 bits per heavy atom. The second kappa shape index (κ2) is 8.07. The van der Waals surface area contributed by atoms with Crippen molar-refractivity contribution in [1.29, 1.82) is 0 Å². The van der Waals surface area contributed by atoms with Crippen LogP contribution in [-0.4, -0.2) is 24.0 Å². The van der Waals surface area contributed by atoms with Crippen molar-refractivity contribution >= 4 is 17.3 Å². The van der Waals surface area contributed by atoms with Crippen molar-refractivity contribution in [3.8, 4) is 11.5 Å². The number of ether oxygens (including phenoxy) is 2. The van der Waals surface area contributed by atoms with E-state index in [0.29, 0.717) is 11.4 Å². The monoisotopic (exact) mass is 372 g/mol. The van der Waals surface area contributed by atoms with Crippen LogP contribution in [0.25, 0.3) is 0 Å². The average molecular weight is 372 g/mol. The van der Waals surface area contributed by atoms with E-state index in [-0.39, 0.29) is 22.8 Å². The Bertz CT molecular complexity index is 825. The van der Waals surface area contributed by atoms with Gasteiger partial charge in [-0.3, -0.25) is 14.9 Å². The van der Waals surface area contributed by atoms with Gasteiger partial charge in [-0.25, -0.2) is 0 Å². The fourth-order valence-corrected chi connectivity index (χ4v) is 2.42. The summed E-state index contributed by atoms with van der Waals surface area (Å²) in [4.78, 5) is 22.7. The molecule has 0 spiro atoms. The van der Waals surface area contributed by atoms with Crippen LogP contribution >= 0.6 is 0 Å². The van der Waals surface area contributed by atoms with Crippen LogP contribution in [0.5, 0.6) is 11.5 Å². The highest BCUT2D eigenvalue weighted by molar-refractivity contribution is 5.95. The van der Waals surface area contributed by atoms with E-state index in [1.165, 1.54) is 30.9 Å². The molecule has 0 saturated heterocycles. The number of anilines is 1. The second-order valence-electron chi connectivity index (χ2n) is 7.17. The fourth-order valence-electron chi connectivity index (χ4n) is 2.42. The molecule has 0 bridgehead atoms. The number of rotatable bonds is 6. The molecule has 0 aliphatic rings. The van der Waals surface area contributed by atoms with E-state index < -0.39 is 11.0 Å². The molecule has 2 aromatic carbocycles. The van der Waals surface area contributed by atoms with Crippen molar-refractivity contribution in [2.24, 2.45) is 0 Å². The molecule has 27 heavy (non-hydrogen) atoms. The van der Waals surface area contributed by atoms with Gasteiger partial charge in [0, 0.05) is 6.07 Å². The molecule has 1 atom stereocenters. The van der Waals surface area contributed by atoms with Gasteiger partial charge in [0.25, 0.3) is 11.6 Å². The minimum atomic E-state index is -0.759. The maximum absolute atomic E-state index is 12.4. The van der Waals surface area contributed by atoms with E-state index in [0.717, 1.165) is 0 Å². The van der Waals surface area contributed by atoms with Gasteiger partial charge in [-0.2, -0.15) is 0 Å². The summed E-state index contributed by atoms with van der Waals surface area (Å²) in [5, 5.41) is 13.5. The number of methoxy groups -OCH3 is 1. The Morgan fingerprint density at radius 2 is 1.78 bits per heavy atom. The number of nitro benzene ring substituents is 1. The molecule has 2 rings (SSSR count). The molecule has 0 heterocycles.